The van der Waals surface area contributed by atoms with E-state index in [9.17, 15) is 22.8 Å². The van der Waals surface area contributed by atoms with E-state index < -0.39 is 12.4 Å². The summed E-state index contributed by atoms with van der Waals surface area (Å²) in [5.41, 5.74) is 4.66. The third-order valence-electron chi connectivity index (χ3n) is 6.58. The Kier molecular flexibility index (Phi) is 11.4. The van der Waals surface area contributed by atoms with Crippen LogP contribution in [0.1, 0.15) is 37.0 Å². The number of alkyl halides is 3. The quantitative estimate of drug-likeness (QED) is 0.102. The molecule has 0 atom stereocenters. The number of nitrogens with one attached hydrogen (secondary N) is 1. The molecule has 0 radical (unpaired) electrons. The van der Waals surface area contributed by atoms with Gasteiger partial charge in [-0.2, -0.15) is 9.98 Å². The highest BCUT2D eigenvalue weighted by Crippen LogP contribution is 2.27. The summed E-state index contributed by atoms with van der Waals surface area (Å²) in [6, 6.07) is 17.8. The minimum absolute atomic E-state index is 0.286. The number of amidine groups is 1. The van der Waals surface area contributed by atoms with Crippen LogP contribution >= 0.6 is 11.8 Å². The summed E-state index contributed by atoms with van der Waals surface area (Å²) in [6.45, 7) is 6.38. The first-order valence-corrected chi connectivity index (χ1v) is 15.4. The van der Waals surface area contributed by atoms with Crippen molar-refractivity contribution < 1.29 is 27.5 Å². The van der Waals surface area contributed by atoms with E-state index in [2.05, 4.69) is 32.1 Å². The Morgan fingerprint density at radius 1 is 1.09 bits per heavy atom. The second-order valence-corrected chi connectivity index (χ2v) is 11.4. The average molecular weight is 654 g/mol. The fourth-order valence-electron chi connectivity index (χ4n) is 4.50. The lowest BCUT2D eigenvalue weighted by molar-refractivity contribution is -0.274. The van der Waals surface area contributed by atoms with E-state index >= 15 is 0 Å². The van der Waals surface area contributed by atoms with Crippen molar-refractivity contribution in [1.82, 2.24) is 14.8 Å². The van der Waals surface area contributed by atoms with Crippen LogP contribution in [0.15, 0.2) is 78.0 Å². The smallest absolute Gasteiger partial charge is 0.406 e. The minimum Gasteiger partial charge on any atom is -0.406 e. The first-order valence-electron chi connectivity index (χ1n) is 14.4. The van der Waals surface area contributed by atoms with Crippen LogP contribution in [0.2, 0.25) is 0 Å². The number of anilines is 3. The molecule has 0 aliphatic rings. The van der Waals surface area contributed by atoms with Crippen LogP contribution in [0.3, 0.4) is 0 Å². The second-order valence-electron chi connectivity index (χ2n) is 10.2. The standard InChI is InChI=1S/C32H34F3N7O3S/c1-5-7-24-11-8-22(3)18-28(24)41(21-43)31(46-6-2)38-30(44)37-25-12-9-23(10-13-25)19-40(4)29-36-20-42(39-29)26-14-16-27(17-15-26)45-32(33,34)35/h8-18,20-21H,5-7,19H2,1-4H3,(H,37,44)/b38-31-. The molecule has 4 aromatic rings. The minimum atomic E-state index is -4.76. The maximum absolute atomic E-state index is 12.9. The van der Waals surface area contributed by atoms with Gasteiger partial charge < -0.3 is 15.0 Å². The van der Waals surface area contributed by atoms with Crippen LogP contribution in [0, 0.1) is 6.92 Å². The second kappa shape index (κ2) is 15.4. The van der Waals surface area contributed by atoms with Crippen molar-refractivity contribution in [3.8, 4) is 11.4 Å². The Morgan fingerprint density at radius 3 is 2.43 bits per heavy atom. The Labute approximate surface area is 269 Å². The van der Waals surface area contributed by atoms with Gasteiger partial charge in [0.1, 0.15) is 12.1 Å². The molecule has 0 saturated carbocycles. The number of carbonyl (C=O) groups excluding carboxylic acids is 2. The van der Waals surface area contributed by atoms with E-state index in [0.717, 1.165) is 29.5 Å². The Bertz CT molecular complexity index is 1660. The molecule has 4 rings (SSSR count). The van der Waals surface area contributed by atoms with Crippen molar-refractivity contribution in [1.29, 1.82) is 0 Å². The number of hydrogen-bond donors (Lipinski definition) is 1. The SMILES string of the molecule is CCCc1ccc(C)cc1N(C=O)/C(=N/C(=O)Nc1ccc(CN(C)c2ncn(-c3ccc(OC(F)(F)F)cc3)n2)cc1)SCC. The lowest BCUT2D eigenvalue weighted by Crippen LogP contribution is -2.30. The van der Waals surface area contributed by atoms with Gasteiger partial charge in [0.25, 0.3) is 0 Å². The fraction of sp³-hybridized carbons (Fsp3) is 0.281. The monoisotopic (exact) mass is 653 g/mol. The average Bonchev–Trinajstić information content (AvgIpc) is 3.50. The first-order chi connectivity index (χ1) is 22.0. The molecule has 1 aromatic heterocycles. The van der Waals surface area contributed by atoms with E-state index in [1.165, 1.54) is 51.9 Å². The highest BCUT2D eigenvalue weighted by Gasteiger charge is 2.31. The van der Waals surface area contributed by atoms with Gasteiger partial charge in [-0.15, -0.1) is 18.3 Å². The van der Waals surface area contributed by atoms with E-state index in [1.54, 1.807) is 24.1 Å². The van der Waals surface area contributed by atoms with Crippen LogP contribution in [0.4, 0.5) is 35.3 Å². The number of aromatic nitrogens is 3. The van der Waals surface area contributed by atoms with E-state index in [0.29, 0.717) is 41.7 Å². The molecule has 0 fully saturated rings. The van der Waals surface area contributed by atoms with Crippen LogP contribution in [0.25, 0.3) is 5.69 Å². The predicted octanol–water partition coefficient (Wildman–Crippen LogP) is 7.37. The van der Waals surface area contributed by atoms with Gasteiger partial charge in [-0.25, -0.2) is 9.48 Å². The van der Waals surface area contributed by atoms with E-state index in [4.69, 9.17) is 0 Å². The number of carbonyl (C=O) groups is 2. The lowest BCUT2D eigenvalue weighted by atomic mass is 10.0. The van der Waals surface area contributed by atoms with Crippen molar-refractivity contribution in [2.24, 2.45) is 4.99 Å². The number of rotatable bonds is 11. The van der Waals surface area contributed by atoms with Gasteiger partial charge >= 0.3 is 12.4 Å². The number of halogens is 3. The molecule has 1 heterocycles. The van der Waals surface area contributed by atoms with Crippen LogP contribution in [-0.4, -0.2) is 51.5 Å². The summed E-state index contributed by atoms with van der Waals surface area (Å²) < 4.78 is 42.6. The largest absolute Gasteiger partial charge is 0.573 e. The van der Waals surface area contributed by atoms with Crippen LogP contribution < -0.4 is 19.9 Å². The summed E-state index contributed by atoms with van der Waals surface area (Å²) in [7, 11) is 1.80. The van der Waals surface area contributed by atoms with Crippen molar-refractivity contribution >= 4 is 46.7 Å². The van der Waals surface area contributed by atoms with Crippen molar-refractivity contribution in [3.05, 3.63) is 89.7 Å². The van der Waals surface area contributed by atoms with Crippen molar-refractivity contribution in [2.45, 2.75) is 46.5 Å². The van der Waals surface area contributed by atoms with Crippen molar-refractivity contribution in [3.63, 3.8) is 0 Å². The van der Waals surface area contributed by atoms with Gasteiger partial charge in [0, 0.05) is 19.3 Å². The number of aryl methyl sites for hydroxylation is 2. The third-order valence-corrected chi connectivity index (χ3v) is 7.42. The molecule has 3 aromatic carbocycles. The van der Waals surface area contributed by atoms with Gasteiger partial charge in [-0.3, -0.25) is 9.69 Å². The number of benzene rings is 3. The van der Waals surface area contributed by atoms with E-state index in [1.807, 2.05) is 44.2 Å². The molecular formula is C32H34F3N7O3S. The topological polar surface area (TPSA) is 105 Å². The van der Waals surface area contributed by atoms with Crippen LogP contribution in [-0.2, 0) is 17.8 Å². The molecular weight excluding hydrogens is 619 g/mol. The normalized spacial score (nSPS) is 11.7. The molecule has 0 unspecified atom stereocenters. The molecule has 0 aliphatic carbocycles. The first kappa shape index (κ1) is 34.0. The zero-order chi connectivity index (χ0) is 33.3. The summed E-state index contributed by atoms with van der Waals surface area (Å²) >= 11 is 1.30. The predicted molar refractivity (Wildman–Crippen MR) is 175 cm³/mol. The van der Waals surface area contributed by atoms with Gasteiger partial charge in [-0.05, 0) is 78.3 Å². The Hall–Kier alpha value is -4.85. The molecule has 0 aliphatic heterocycles. The maximum Gasteiger partial charge on any atom is 0.573 e. The van der Waals surface area contributed by atoms with Gasteiger partial charge in [0.05, 0.1) is 11.4 Å². The highest BCUT2D eigenvalue weighted by molar-refractivity contribution is 8.14. The molecule has 10 nitrogen and oxygen atoms in total. The number of ether oxygens (including phenoxy) is 1. The van der Waals surface area contributed by atoms with Crippen LogP contribution in [0.5, 0.6) is 5.75 Å². The third kappa shape index (κ3) is 9.33. The maximum atomic E-state index is 12.9. The molecule has 3 amide bonds. The number of hydrogen-bond acceptors (Lipinski definition) is 7. The summed E-state index contributed by atoms with van der Waals surface area (Å²) in [6.07, 6.45) is -0.920. The van der Waals surface area contributed by atoms with Gasteiger partial charge in [-0.1, -0.05) is 56.3 Å². The lowest BCUT2D eigenvalue weighted by Gasteiger charge is -2.22. The highest BCUT2D eigenvalue weighted by atomic mass is 32.2. The number of aliphatic imine (C=N–C) groups is 1. The molecule has 1 N–H and O–H groups in total. The number of thioether (sulfide) groups is 1. The molecule has 0 spiro atoms. The van der Waals surface area contributed by atoms with Gasteiger partial charge in [0.15, 0.2) is 5.17 Å². The van der Waals surface area contributed by atoms with Crippen molar-refractivity contribution in [2.75, 3.05) is 27.9 Å². The molecule has 242 valence electrons. The number of urea groups is 1. The van der Waals surface area contributed by atoms with Gasteiger partial charge in [0.2, 0.25) is 12.4 Å². The fourth-order valence-corrected chi connectivity index (χ4v) is 5.19. The molecule has 14 heteroatoms. The summed E-state index contributed by atoms with van der Waals surface area (Å²) in [4.78, 5) is 36.9. The number of nitrogens with zero attached hydrogens (tertiary/aromatic N) is 6. The van der Waals surface area contributed by atoms with E-state index in [-0.39, 0.29) is 10.9 Å². The molecule has 0 bridgehead atoms. The zero-order valence-corrected chi connectivity index (χ0v) is 26.6. The summed E-state index contributed by atoms with van der Waals surface area (Å²) in [5.74, 6) is 0.689. The summed E-state index contributed by atoms with van der Waals surface area (Å²) in [5, 5.41) is 7.46. The Balaban J connectivity index is 1.40. The molecule has 46 heavy (non-hydrogen) atoms. The molecule has 0 saturated heterocycles. The Morgan fingerprint density at radius 2 is 1.80 bits per heavy atom. The zero-order valence-electron chi connectivity index (χ0n) is 25.8. The number of amides is 3.